The molecule has 10 heterocycles. The first-order valence-corrected chi connectivity index (χ1v) is 22.3. The highest BCUT2D eigenvalue weighted by molar-refractivity contribution is 8.78. The van der Waals surface area contributed by atoms with Crippen molar-refractivity contribution in [3.8, 4) is 0 Å². The Labute approximate surface area is 330 Å². The second kappa shape index (κ2) is 11.0. The molecule has 10 aliphatic heterocycles. The first kappa shape index (κ1) is 35.6. The lowest BCUT2D eigenvalue weighted by Gasteiger charge is -2.59. The zero-order valence-electron chi connectivity index (χ0n) is 29.9. The van der Waals surface area contributed by atoms with E-state index in [1.807, 2.05) is 38.1 Å². The lowest BCUT2D eigenvalue weighted by atomic mass is 9.52. The number of likely N-dealkylation sites (N-methyl/N-ethyl adjacent to an activating group) is 2. The van der Waals surface area contributed by atoms with Crippen LogP contribution in [0.1, 0.15) is 50.7 Å². The third-order valence-corrected chi connectivity index (χ3v) is 21.0. The van der Waals surface area contributed by atoms with Gasteiger partial charge in [0.1, 0.15) is 18.4 Å². The van der Waals surface area contributed by atoms with Crippen molar-refractivity contribution in [1.82, 2.24) is 19.6 Å². The summed E-state index contributed by atoms with van der Waals surface area (Å²) >= 11 is 0. The van der Waals surface area contributed by atoms with Gasteiger partial charge in [0, 0.05) is 25.5 Å². The van der Waals surface area contributed by atoms with Crippen molar-refractivity contribution in [2.45, 2.75) is 94.4 Å². The van der Waals surface area contributed by atoms with Gasteiger partial charge < -0.3 is 35.4 Å². The van der Waals surface area contributed by atoms with Crippen LogP contribution < -0.4 is 10.6 Å². The first-order valence-electron chi connectivity index (χ1n) is 18.0. The fourth-order valence-corrected chi connectivity index (χ4v) is 19.0. The molecule has 10 atom stereocenters. The number of hydrogen-bond donors (Lipinski definition) is 4. The number of rotatable bonds is 7. The number of carboxylic acids is 1. The van der Waals surface area contributed by atoms with Crippen LogP contribution in [0.4, 0.5) is 11.4 Å². The third-order valence-electron chi connectivity index (χ3n) is 13.5. The highest BCUT2D eigenvalue weighted by atomic mass is 33.1. The highest BCUT2D eigenvalue weighted by Crippen LogP contribution is 2.79. The van der Waals surface area contributed by atoms with Gasteiger partial charge in [-0.05, 0) is 57.7 Å². The number of piperazine rings is 2. The van der Waals surface area contributed by atoms with Gasteiger partial charge in [0.15, 0.2) is 15.8 Å². The second-order valence-electron chi connectivity index (χ2n) is 15.2. The lowest BCUT2D eigenvalue weighted by Crippen LogP contribution is -2.78. The van der Waals surface area contributed by atoms with Gasteiger partial charge >= 0.3 is 11.9 Å². The number of carboxylic acid groups (broad SMARTS) is 1. The van der Waals surface area contributed by atoms with Crippen LogP contribution in [0.2, 0.25) is 0 Å². The molecule has 2 aromatic rings. The van der Waals surface area contributed by atoms with Crippen LogP contribution >= 0.6 is 43.2 Å². The van der Waals surface area contributed by atoms with E-state index in [4.69, 9.17) is 4.74 Å². The van der Waals surface area contributed by atoms with Crippen molar-refractivity contribution in [3.05, 3.63) is 59.7 Å². The maximum Gasteiger partial charge on any atom is 0.306 e. The summed E-state index contributed by atoms with van der Waals surface area (Å²) in [7, 11) is 7.82. The summed E-state index contributed by atoms with van der Waals surface area (Å²) in [5.41, 5.74) is -1.48. The molecular weight excluding hydrogens is 789 g/mol. The number of para-hydroxylation sites is 2. The number of ether oxygens (including phenoxy) is 1. The fourth-order valence-electron chi connectivity index (χ4n) is 11.1. The summed E-state index contributed by atoms with van der Waals surface area (Å²) in [6.45, 7) is 3.66. The summed E-state index contributed by atoms with van der Waals surface area (Å²) in [4.78, 5) is 86.0. The van der Waals surface area contributed by atoms with E-state index in [0.717, 1.165) is 21.6 Å². The predicted molar refractivity (Wildman–Crippen MR) is 205 cm³/mol. The van der Waals surface area contributed by atoms with Crippen molar-refractivity contribution in [1.29, 1.82) is 0 Å². The fraction of sp³-hybridized carbons (Fsp3) is 0.500. The molecule has 4 amide bonds. The van der Waals surface area contributed by atoms with Crippen molar-refractivity contribution in [2.75, 3.05) is 24.7 Å². The molecule has 4 N–H and O–H groups in total. The Balaban J connectivity index is 1.34. The van der Waals surface area contributed by atoms with E-state index in [2.05, 4.69) is 10.6 Å². The smallest absolute Gasteiger partial charge is 0.306 e. The molecule has 2 spiro atoms. The molecule has 0 unspecified atom stereocenters. The van der Waals surface area contributed by atoms with Crippen LogP contribution in [0.15, 0.2) is 48.5 Å². The summed E-state index contributed by atoms with van der Waals surface area (Å²) in [5.74, 6) is -3.91. The first-order chi connectivity index (χ1) is 26.2. The molecule has 8 saturated heterocycles. The van der Waals surface area contributed by atoms with Crippen LogP contribution in [0, 0.1) is 0 Å². The Kier molecular flexibility index (Phi) is 7.12. The van der Waals surface area contributed by atoms with Crippen LogP contribution in [0.3, 0.4) is 0 Å². The van der Waals surface area contributed by atoms with Crippen LogP contribution in [0.25, 0.3) is 0 Å². The van der Waals surface area contributed by atoms with Crippen LogP contribution in [-0.2, 0) is 44.3 Å². The minimum absolute atomic E-state index is 0.258. The number of aliphatic hydroxyl groups is 1. The van der Waals surface area contributed by atoms with Gasteiger partial charge in [-0.2, -0.15) is 0 Å². The number of nitrogens with zero attached hydrogens (tertiary/aromatic N) is 4. The van der Waals surface area contributed by atoms with Gasteiger partial charge in [-0.1, -0.05) is 71.8 Å². The minimum atomic E-state index is -1.93. The molecule has 10 aliphatic rings. The zero-order valence-corrected chi connectivity index (χ0v) is 33.2. The summed E-state index contributed by atoms with van der Waals surface area (Å²) < 4.78 is 6.62. The average molecular weight is 825 g/mol. The molecule has 288 valence electrons. The number of hydrogen-bond acceptors (Lipinski definition) is 14. The van der Waals surface area contributed by atoms with E-state index in [-0.39, 0.29) is 18.7 Å². The van der Waals surface area contributed by atoms with Gasteiger partial charge in [0.25, 0.3) is 23.6 Å². The van der Waals surface area contributed by atoms with Crippen molar-refractivity contribution in [2.24, 2.45) is 0 Å². The van der Waals surface area contributed by atoms with Gasteiger partial charge in [0.2, 0.25) is 9.74 Å². The van der Waals surface area contributed by atoms with E-state index in [0.29, 0.717) is 22.5 Å². The highest BCUT2D eigenvalue weighted by Gasteiger charge is 2.94. The Morgan fingerprint density at radius 3 is 1.73 bits per heavy atom. The predicted octanol–water partition coefficient (Wildman–Crippen LogP) is 2.53. The number of carbonyl (C=O) groups excluding carboxylic acids is 5. The number of nitrogens with one attached hydrogen (secondary N) is 2. The maximum atomic E-state index is 15.3. The minimum Gasteiger partial charge on any atom is -0.481 e. The van der Waals surface area contributed by atoms with E-state index in [1.165, 1.54) is 41.2 Å². The molecule has 55 heavy (non-hydrogen) atoms. The molecule has 15 nitrogen and oxygen atoms in total. The number of amides is 4. The number of carbonyl (C=O) groups is 6. The number of fused-ring (bicyclic) bond motifs is 11. The van der Waals surface area contributed by atoms with Crippen LogP contribution in [0.5, 0.6) is 0 Å². The Hall–Kier alpha value is -3.78. The Morgan fingerprint density at radius 1 is 0.709 bits per heavy atom. The van der Waals surface area contributed by atoms with E-state index >= 15 is 14.4 Å². The summed E-state index contributed by atoms with van der Waals surface area (Å²) in [6.07, 6.45) is -6.20. The van der Waals surface area contributed by atoms with Crippen LogP contribution in [-0.4, -0.2) is 123 Å². The zero-order chi connectivity index (χ0) is 38.8. The third kappa shape index (κ3) is 3.44. The maximum absolute atomic E-state index is 15.3. The number of aliphatic hydroxyl groups excluding tert-OH is 1. The summed E-state index contributed by atoms with van der Waals surface area (Å²) in [6, 6.07) is 14.4. The second-order valence-corrected chi connectivity index (χ2v) is 20.4. The van der Waals surface area contributed by atoms with E-state index in [1.54, 1.807) is 38.4 Å². The molecule has 0 aliphatic carbocycles. The van der Waals surface area contributed by atoms with Gasteiger partial charge in [-0.15, -0.1) is 0 Å². The van der Waals surface area contributed by atoms with E-state index < -0.39 is 97.4 Å². The number of aliphatic carboxylic acids is 1. The molecular formula is C36H36N6O9S4. The molecule has 0 saturated carbocycles. The average Bonchev–Trinajstić information content (AvgIpc) is 3.84. The standard InChI is InChI=1S/C36H36N6O9S4/c1-5-31-27(47)41-25-33(17-11-7-9-13-19(17)37-25,23(46)35(41,54-52-31)29(49)39(31)3)34-18-12-8-10-14-20(18)38-26(34)42-28(48)32(6-2)40(4)30(50)36(42,55-53-32)24(34)51-22(45)16-15-21(43)44/h7-14,23-26,37-38,46H,5-6,15-16H2,1-4H3,(H,43,44)/t23-,24-,25+,26+,31-,32-,33+,34+,35-,36-/m0/s1. The summed E-state index contributed by atoms with van der Waals surface area (Å²) in [5, 5.41) is 30.4. The molecule has 19 heteroatoms. The Bertz CT molecular complexity index is 2200. The van der Waals surface area contributed by atoms with Gasteiger partial charge in [-0.3, -0.25) is 38.6 Å². The monoisotopic (exact) mass is 824 g/mol. The molecule has 2 aromatic carbocycles. The molecule has 8 fully saturated rings. The van der Waals surface area contributed by atoms with E-state index in [9.17, 15) is 24.6 Å². The van der Waals surface area contributed by atoms with Crippen molar-refractivity contribution < 1.29 is 43.7 Å². The largest absolute Gasteiger partial charge is 0.481 e. The Morgan fingerprint density at radius 2 is 1.18 bits per heavy atom. The SMILES string of the molecule is CC[C@@]12SS[C@]3(C(=O)N1C)[C@@H](O)[C@]1([C@@]45c6ccccc6N[C@@H]4N4C(=O)[C@]6(CC)SS[C@]4(C(=O)N6C)[C@H]5OC(=O)CCC(=O)O)c4ccccc4N[C@@H]1N3C2=O. The molecule has 0 radical (unpaired) electrons. The molecule has 4 bridgehead atoms. The number of anilines is 2. The lowest BCUT2D eigenvalue weighted by molar-refractivity contribution is -0.174. The van der Waals surface area contributed by atoms with Gasteiger partial charge in [-0.25, -0.2) is 0 Å². The van der Waals surface area contributed by atoms with Crippen molar-refractivity contribution in [3.63, 3.8) is 0 Å². The quantitative estimate of drug-likeness (QED) is 0.235. The topological polar surface area (TPSA) is 189 Å². The van der Waals surface area contributed by atoms with Gasteiger partial charge in [0.05, 0.1) is 23.7 Å². The van der Waals surface area contributed by atoms with Crippen molar-refractivity contribution >= 4 is 90.1 Å². The normalized spacial score (nSPS) is 41.0. The molecule has 0 aromatic heterocycles. The molecule has 12 rings (SSSR count). The number of benzene rings is 2. The number of esters is 1.